The number of anilines is 4. The van der Waals surface area contributed by atoms with Gasteiger partial charge in [-0.2, -0.15) is 0 Å². The highest BCUT2D eigenvalue weighted by Crippen LogP contribution is 2.38. The first-order valence-corrected chi connectivity index (χ1v) is 9.15. The molecule has 1 N–H and O–H groups in total. The number of benzene rings is 2. The van der Waals surface area contributed by atoms with Gasteiger partial charge >= 0.3 is 11.7 Å². The summed E-state index contributed by atoms with van der Waals surface area (Å²) in [6.07, 6.45) is 1.22. The number of hydrogen-bond acceptors (Lipinski definition) is 8. The van der Waals surface area contributed by atoms with Gasteiger partial charge in [-0.1, -0.05) is 24.3 Å². The Labute approximate surface area is 174 Å². The Morgan fingerprint density at radius 1 is 1.17 bits per heavy atom. The Morgan fingerprint density at radius 2 is 1.86 bits per heavy atom. The highest BCUT2D eigenvalue weighted by atomic mass is 79.9. The fourth-order valence-electron chi connectivity index (χ4n) is 2.73. The van der Waals surface area contributed by atoms with Crippen molar-refractivity contribution >= 4 is 50.6 Å². The zero-order valence-electron chi connectivity index (χ0n) is 15.5. The second-order valence-corrected chi connectivity index (χ2v) is 6.68. The Balaban J connectivity index is 2.10. The lowest BCUT2D eigenvalue weighted by atomic mass is 10.1. The predicted octanol–water partition coefficient (Wildman–Crippen LogP) is 4.45. The quantitative estimate of drug-likeness (QED) is 0.328. The summed E-state index contributed by atoms with van der Waals surface area (Å²) in [5.74, 6) is -0.513. The number of rotatable bonds is 6. The molecular weight excluding hydrogens is 442 g/mol. The molecule has 10 heteroatoms. The lowest BCUT2D eigenvalue weighted by Crippen LogP contribution is -2.18. The van der Waals surface area contributed by atoms with Gasteiger partial charge in [0.15, 0.2) is 0 Å². The van der Waals surface area contributed by atoms with E-state index in [1.165, 1.54) is 18.3 Å². The first kappa shape index (κ1) is 20.2. The van der Waals surface area contributed by atoms with Crippen LogP contribution in [0.5, 0.6) is 0 Å². The van der Waals surface area contributed by atoms with Crippen LogP contribution in [0.3, 0.4) is 0 Å². The molecule has 29 heavy (non-hydrogen) atoms. The molecule has 1 heterocycles. The van der Waals surface area contributed by atoms with Crippen LogP contribution in [-0.2, 0) is 4.74 Å². The number of carbonyl (C=O) groups is 1. The molecule has 9 nitrogen and oxygen atoms in total. The van der Waals surface area contributed by atoms with Crippen molar-refractivity contribution in [3.8, 4) is 0 Å². The van der Waals surface area contributed by atoms with Crippen molar-refractivity contribution in [3.05, 3.63) is 75.0 Å². The second-order valence-electron chi connectivity index (χ2n) is 5.82. The monoisotopic (exact) mass is 457 g/mol. The normalized spacial score (nSPS) is 10.3. The molecule has 0 amide bonds. The summed E-state index contributed by atoms with van der Waals surface area (Å²) in [5.41, 5.74) is 0.946. The number of esters is 1. The number of hydrogen-bond donors (Lipinski definition) is 1. The highest BCUT2D eigenvalue weighted by molar-refractivity contribution is 9.10. The molecule has 0 spiro atoms. The van der Waals surface area contributed by atoms with Gasteiger partial charge in [0.05, 0.1) is 29.0 Å². The van der Waals surface area contributed by atoms with Crippen LogP contribution in [0.4, 0.5) is 28.7 Å². The Hall–Kier alpha value is -3.53. The van der Waals surface area contributed by atoms with Crippen LogP contribution >= 0.6 is 15.9 Å². The van der Waals surface area contributed by atoms with E-state index in [2.05, 4.69) is 31.2 Å². The van der Waals surface area contributed by atoms with Crippen LogP contribution in [0.1, 0.15) is 10.4 Å². The van der Waals surface area contributed by atoms with E-state index in [1.807, 2.05) is 6.07 Å². The van der Waals surface area contributed by atoms with Crippen molar-refractivity contribution < 1.29 is 14.5 Å². The molecule has 0 fully saturated rings. The van der Waals surface area contributed by atoms with E-state index in [-0.39, 0.29) is 22.9 Å². The van der Waals surface area contributed by atoms with Crippen molar-refractivity contribution in [2.45, 2.75) is 0 Å². The van der Waals surface area contributed by atoms with Gasteiger partial charge in [0.2, 0.25) is 11.6 Å². The lowest BCUT2D eigenvalue weighted by molar-refractivity contribution is -0.383. The van der Waals surface area contributed by atoms with E-state index in [1.54, 1.807) is 49.5 Å². The predicted molar refractivity (Wildman–Crippen MR) is 112 cm³/mol. The van der Waals surface area contributed by atoms with E-state index < -0.39 is 10.9 Å². The van der Waals surface area contributed by atoms with Crippen LogP contribution in [0.15, 0.2) is 59.3 Å². The average molecular weight is 458 g/mol. The second kappa shape index (κ2) is 8.65. The SMILES string of the molecule is COC(=O)c1ccccc1N(C)c1ncnc(Nc2ccccc2Br)c1[N+](=O)[O-]. The molecule has 3 aromatic rings. The standard InChI is InChI=1S/C19H16BrN5O4/c1-24(15-10-6-3-7-12(15)19(26)29-2)18-16(25(27)28)17(21-11-22-18)23-14-9-5-4-8-13(14)20/h3-11H,1-2H3,(H,21,22,23). The summed E-state index contributed by atoms with van der Waals surface area (Å²) >= 11 is 3.40. The van der Waals surface area contributed by atoms with E-state index >= 15 is 0 Å². The molecule has 2 aromatic carbocycles. The maximum Gasteiger partial charge on any atom is 0.354 e. The minimum absolute atomic E-state index is 0.0225. The molecule has 0 atom stereocenters. The zero-order valence-corrected chi connectivity index (χ0v) is 17.1. The molecule has 0 unspecified atom stereocenters. The van der Waals surface area contributed by atoms with Crippen LogP contribution in [0, 0.1) is 10.1 Å². The number of nitro groups is 1. The molecule has 0 radical (unpaired) electrons. The molecule has 0 aliphatic heterocycles. The van der Waals surface area contributed by atoms with Gasteiger partial charge in [-0.05, 0) is 40.2 Å². The van der Waals surface area contributed by atoms with Crippen LogP contribution in [0.2, 0.25) is 0 Å². The Bertz CT molecular complexity index is 1080. The van der Waals surface area contributed by atoms with Crippen molar-refractivity contribution in [2.24, 2.45) is 0 Å². The molecule has 0 saturated carbocycles. The van der Waals surface area contributed by atoms with Gasteiger partial charge in [0, 0.05) is 11.5 Å². The molecule has 0 aliphatic carbocycles. The fourth-order valence-corrected chi connectivity index (χ4v) is 3.11. The van der Waals surface area contributed by atoms with Crippen molar-refractivity contribution in [1.29, 1.82) is 0 Å². The summed E-state index contributed by atoms with van der Waals surface area (Å²) in [4.78, 5) is 33.0. The summed E-state index contributed by atoms with van der Waals surface area (Å²) in [5, 5.41) is 14.8. The third kappa shape index (κ3) is 4.16. The molecule has 0 saturated heterocycles. The van der Waals surface area contributed by atoms with Gasteiger partial charge in [-0.25, -0.2) is 14.8 Å². The van der Waals surface area contributed by atoms with Crippen LogP contribution in [0.25, 0.3) is 0 Å². The van der Waals surface area contributed by atoms with Crippen molar-refractivity contribution in [2.75, 3.05) is 24.4 Å². The van der Waals surface area contributed by atoms with Crippen LogP contribution < -0.4 is 10.2 Å². The minimum Gasteiger partial charge on any atom is -0.465 e. The largest absolute Gasteiger partial charge is 0.465 e. The zero-order chi connectivity index (χ0) is 21.0. The van der Waals surface area contributed by atoms with E-state index in [4.69, 9.17) is 4.74 Å². The van der Waals surface area contributed by atoms with Gasteiger partial charge in [-0.3, -0.25) is 10.1 Å². The van der Waals surface area contributed by atoms with Gasteiger partial charge in [0.1, 0.15) is 6.33 Å². The number of carbonyl (C=O) groups excluding carboxylic acids is 1. The van der Waals surface area contributed by atoms with E-state index in [0.29, 0.717) is 11.4 Å². The summed E-state index contributed by atoms with van der Waals surface area (Å²) in [6, 6.07) is 13.8. The number of halogens is 1. The average Bonchev–Trinajstić information content (AvgIpc) is 2.74. The molecule has 1 aromatic heterocycles. The van der Waals surface area contributed by atoms with Crippen molar-refractivity contribution in [1.82, 2.24) is 9.97 Å². The van der Waals surface area contributed by atoms with Gasteiger partial charge < -0.3 is 15.0 Å². The molecule has 3 rings (SSSR count). The highest BCUT2D eigenvalue weighted by Gasteiger charge is 2.28. The Morgan fingerprint density at radius 3 is 2.55 bits per heavy atom. The lowest BCUT2D eigenvalue weighted by Gasteiger charge is -2.21. The minimum atomic E-state index is -0.564. The smallest absolute Gasteiger partial charge is 0.354 e. The first-order chi connectivity index (χ1) is 13.9. The number of nitrogens with one attached hydrogen (secondary N) is 1. The number of methoxy groups -OCH3 is 1. The number of ether oxygens (including phenoxy) is 1. The molecular formula is C19H16BrN5O4. The number of nitrogens with zero attached hydrogens (tertiary/aromatic N) is 4. The first-order valence-electron chi connectivity index (χ1n) is 8.36. The number of aromatic nitrogens is 2. The Kier molecular flexibility index (Phi) is 6.03. The summed E-state index contributed by atoms with van der Waals surface area (Å²) in [7, 11) is 2.85. The maximum atomic E-state index is 12.1. The maximum absolute atomic E-state index is 12.1. The topological polar surface area (TPSA) is 110 Å². The fraction of sp³-hybridized carbons (Fsp3) is 0.105. The molecule has 0 bridgehead atoms. The third-order valence-electron chi connectivity index (χ3n) is 4.10. The summed E-state index contributed by atoms with van der Waals surface area (Å²) < 4.78 is 5.53. The van der Waals surface area contributed by atoms with Crippen molar-refractivity contribution in [3.63, 3.8) is 0 Å². The van der Waals surface area contributed by atoms with Gasteiger partial charge in [0.25, 0.3) is 0 Å². The molecule has 148 valence electrons. The van der Waals surface area contributed by atoms with E-state index in [0.717, 1.165) is 4.47 Å². The number of para-hydroxylation sites is 2. The van der Waals surface area contributed by atoms with Crippen LogP contribution in [-0.4, -0.2) is 35.0 Å². The van der Waals surface area contributed by atoms with E-state index in [9.17, 15) is 14.9 Å². The third-order valence-corrected chi connectivity index (χ3v) is 4.79. The molecule has 0 aliphatic rings. The summed E-state index contributed by atoms with van der Waals surface area (Å²) in [6.45, 7) is 0. The van der Waals surface area contributed by atoms with Gasteiger partial charge in [-0.15, -0.1) is 0 Å².